The zero-order valence-corrected chi connectivity index (χ0v) is 15.0. The van der Waals surface area contributed by atoms with Crippen molar-refractivity contribution in [3.8, 4) is 5.75 Å². The Labute approximate surface area is 161 Å². The molecule has 140 valence electrons. The number of phenolic OH excluding ortho intramolecular Hbond substituents is 1. The summed E-state index contributed by atoms with van der Waals surface area (Å²) in [6.45, 7) is 0.149. The van der Waals surface area contributed by atoms with Crippen LogP contribution in [0.1, 0.15) is 33.6 Å². The van der Waals surface area contributed by atoms with E-state index in [-0.39, 0.29) is 36.4 Å². The fourth-order valence-electron chi connectivity index (χ4n) is 3.47. The summed E-state index contributed by atoms with van der Waals surface area (Å²) in [4.78, 5) is 38.9. The van der Waals surface area contributed by atoms with Crippen molar-refractivity contribution in [1.29, 1.82) is 0 Å². The summed E-state index contributed by atoms with van der Waals surface area (Å²) < 4.78 is 0. The normalized spacial score (nSPS) is 13.1. The summed E-state index contributed by atoms with van der Waals surface area (Å²) in [5.74, 6) is -0.978. The molecule has 1 heterocycles. The number of hydrogen-bond acceptors (Lipinski definition) is 4. The van der Waals surface area contributed by atoms with Crippen LogP contribution in [0.5, 0.6) is 5.75 Å². The van der Waals surface area contributed by atoms with Crippen LogP contribution in [-0.4, -0.2) is 34.3 Å². The number of benzene rings is 3. The molecule has 6 heteroatoms. The first kappa shape index (κ1) is 17.7. The summed E-state index contributed by atoms with van der Waals surface area (Å²) in [5, 5.41) is 13.9. The van der Waals surface area contributed by atoms with Crippen molar-refractivity contribution < 1.29 is 19.5 Å². The van der Waals surface area contributed by atoms with Crippen LogP contribution in [0.2, 0.25) is 0 Å². The SMILES string of the molecule is O=C(CCCN1C(=O)c2cccc3cccc(c23)C1=O)Nc1ccccc1O. The third kappa shape index (κ3) is 3.09. The van der Waals surface area contributed by atoms with Gasteiger partial charge >= 0.3 is 0 Å². The van der Waals surface area contributed by atoms with Crippen LogP contribution >= 0.6 is 0 Å². The standard InChI is InChI=1S/C22H18N2O4/c25-18-11-2-1-10-17(18)23-19(26)12-5-13-24-21(27)15-8-3-6-14-7-4-9-16(20(14)15)22(24)28/h1-4,6-11,25H,5,12-13H2,(H,23,26). The van der Waals surface area contributed by atoms with Gasteiger partial charge in [0.15, 0.2) is 0 Å². The van der Waals surface area contributed by atoms with Gasteiger partial charge in [-0.2, -0.15) is 0 Å². The van der Waals surface area contributed by atoms with Gasteiger partial charge in [0, 0.05) is 29.5 Å². The molecule has 6 nitrogen and oxygen atoms in total. The predicted molar refractivity (Wildman–Crippen MR) is 105 cm³/mol. The number of carbonyl (C=O) groups excluding carboxylic acids is 3. The highest BCUT2D eigenvalue weighted by Crippen LogP contribution is 2.30. The molecular weight excluding hydrogens is 356 g/mol. The lowest BCUT2D eigenvalue weighted by molar-refractivity contribution is -0.116. The molecule has 0 aromatic heterocycles. The number of nitrogens with zero attached hydrogens (tertiary/aromatic N) is 1. The zero-order chi connectivity index (χ0) is 19.7. The number of aromatic hydroxyl groups is 1. The maximum Gasteiger partial charge on any atom is 0.261 e. The number of para-hydroxylation sites is 2. The monoisotopic (exact) mass is 374 g/mol. The number of anilines is 1. The molecule has 0 unspecified atom stereocenters. The molecule has 0 aliphatic carbocycles. The minimum atomic E-state index is -0.338. The number of amides is 3. The number of hydrogen-bond donors (Lipinski definition) is 2. The van der Waals surface area contributed by atoms with E-state index in [1.54, 1.807) is 42.5 Å². The molecule has 4 rings (SSSR count). The second-order valence-corrected chi connectivity index (χ2v) is 6.64. The molecule has 0 atom stereocenters. The highest BCUT2D eigenvalue weighted by Gasteiger charge is 2.32. The third-order valence-electron chi connectivity index (χ3n) is 4.82. The largest absolute Gasteiger partial charge is 0.506 e. The van der Waals surface area contributed by atoms with E-state index in [0.29, 0.717) is 28.6 Å². The van der Waals surface area contributed by atoms with Crippen LogP contribution in [-0.2, 0) is 4.79 Å². The molecule has 0 spiro atoms. The predicted octanol–water partition coefficient (Wildman–Crippen LogP) is 3.56. The molecule has 3 aromatic carbocycles. The Morgan fingerprint density at radius 1 is 0.893 bits per heavy atom. The Kier molecular flexibility index (Phi) is 4.53. The van der Waals surface area contributed by atoms with Gasteiger partial charge in [-0.25, -0.2) is 0 Å². The second kappa shape index (κ2) is 7.15. The average Bonchev–Trinajstić information content (AvgIpc) is 2.70. The highest BCUT2D eigenvalue weighted by atomic mass is 16.3. The van der Waals surface area contributed by atoms with Gasteiger partial charge in [-0.3, -0.25) is 19.3 Å². The molecule has 0 saturated heterocycles. The first-order valence-electron chi connectivity index (χ1n) is 9.02. The van der Waals surface area contributed by atoms with E-state index in [1.165, 1.54) is 11.0 Å². The maximum atomic E-state index is 12.8. The van der Waals surface area contributed by atoms with E-state index in [1.807, 2.05) is 12.1 Å². The number of imide groups is 1. The van der Waals surface area contributed by atoms with Crippen molar-refractivity contribution in [3.05, 3.63) is 71.8 Å². The van der Waals surface area contributed by atoms with Gasteiger partial charge in [0.2, 0.25) is 5.91 Å². The Morgan fingerprint density at radius 3 is 2.18 bits per heavy atom. The van der Waals surface area contributed by atoms with E-state index >= 15 is 0 Å². The summed E-state index contributed by atoms with van der Waals surface area (Å²) in [5.41, 5.74) is 1.34. The van der Waals surface area contributed by atoms with Crippen molar-refractivity contribution in [3.63, 3.8) is 0 Å². The van der Waals surface area contributed by atoms with E-state index < -0.39 is 0 Å². The number of phenols is 1. The number of rotatable bonds is 5. The van der Waals surface area contributed by atoms with Gasteiger partial charge in [-0.15, -0.1) is 0 Å². The quantitative estimate of drug-likeness (QED) is 0.528. The molecule has 0 fully saturated rings. The van der Waals surface area contributed by atoms with E-state index in [4.69, 9.17) is 0 Å². The molecule has 28 heavy (non-hydrogen) atoms. The number of carbonyl (C=O) groups is 3. The Bertz CT molecular complexity index is 1060. The Balaban J connectivity index is 1.45. The first-order chi connectivity index (χ1) is 13.6. The van der Waals surface area contributed by atoms with Gasteiger partial charge in [0.1, 0.15) is 5.75 Å². The van der Waals surface area contributed by atoms with E-state index in [9.17, 15) is 19.5 Å². The first-order valence-corrected chi connectivity index (χ1v) is 9.02. The lowest BCUT2D eigenvalue weighted by Gasteiger charge is -2.27. The minimum absolute atomic E-state index is 0.0121. The van der Waals surface area contributed by atoms with Crippen LogP contribution < -0.4 is 5.32 Å². The van der Waals surface area contributed by atoms with Crippen molar-refractivity contribution in [2.75, 3.05) is 11.9 Å². The molecule has 0 radical (unpaired) electrons. The summed E-state index contributed by atoms with van der Waals surface area (Å²) in [6, 6.07) is 17.2. The fourth-order valence-corrected chi connectivity index (χ4v) is 3.47. The smallest absolute Gasteiger partial charge is 0.261 e. The van der Waals surface area contributed by atoms with Gasteiger partial charge in [0.05, 0.1) is 5.69 Å². The number of nitrogens with one attached hydrogen (secondary N) is 1. The maximum absolute atomic E-state index is 12.8. The molecule has 3 amide bonds. The molecule has 2 N–H and O–H groups in total. The Hall–Kier alpha value is -3.67. The second-order valence-electron chi connectivity index (χ2n) is 6.64. The lowest BCUT2D eigenvalue weighted by Crippen LogP contribution is -2.41. The molecule has 1 aliphatic heterocycles. The van der Waals surface area contributed by atoms with Crippen LogP contribution in [0, 0.1) is 0 Å². The van der Waals surface area contributed by atoms with Crippen molar-refractivity contribution >= 4 is 34.2 Å². The van der Waals surface area contributed by atoms with Crippen LogP contribution in [0.15, 0.2) is 60.7 Å². The molecule has 0 bridgehead atoms. The highest BCUT2D eigenvalue weighted by molar-refractivity contribution is 6.25. The van der Waals surface area contributed by atoms with Gasteiger partial charge in [-0.05, 0) is 36.1 Å². The Morgan fingerprint density at radius 2 is 1.54 bits per heavy atom. The molecule has 1 aliphatic rings. The molecule has 0 saturated carbocycles. The van der Waals surface area contributed by atoms with Crippen molar-refractivity contribution in [2.24, 2.45) is 0 Å². The van der Waals surface area contributed by atoms with E-state index in [0.717, 1.165) is 5.39 Å². The van der Waals surface area contributed by atoms with Gasteiger partial charge in [-0.1, -0.05) is 36.4 Å². The third-order valence-corrected chi connectivity index (χ3v) is 4.82. The van der Waals surface area contributed by atoms with E-state index in [2.05, 4.69) is 5.32 Å². The summed E-state index contributed by atoms with van der Waals surface area (Å²) >= 11 is 0. The minimum Gasteiger partial charge on any atom is -0.506 e. The van der Waals surface area contributed by atoms with Gasteiger partial charge in [0.25, 0.3) is 11.8 Å². The summed E-state index contributed by atoms with van der Waals surface area (Å²) in [7, 11) is 0. The lowest BCUT2D eigenvalue weighted by atomic mass is 9.94. The van der Waals surface area contributed by atoms with Crippen molar-refractivity contribution in [2.45, 2.75) is 12.8 Å². The molecule has 3 aromatic rings. The van der Waals surface area contributed by atoms with Gasteiger partial charge < -0.3 is 10.4 Å². The summed E-state index contributed by atoms with van der Waals surface area (Å²) in [6.07, 6.45) is 0.451. The topological polar surface area (TPSA) is 86.7 Å². The van der Waals surface area contributed by atoms with Crippen LogP contribution in [0.3, 0.4) is 0 Å². The molecular formula is C22H18N2O4. The fraction of sp³-hybridized carbons (Fsp3) is 0.136. The van der Waals surface area contributed by atoms with Crippen LogP contribution in [0.25, 0.3) is 10.8 Å². The van der Waals surface area contributed by atoms with Crippen molar-refractivity contribution in [1.82, 2.24) is 4.90 Å². The average molecular weight is 374 g/mol. The zero-order valence-electron chi connectivity index (χ0n) is 15.0. The van der Waals surface area contributed by atoms with Crippen LogP contribution in [0.4, 0.5) is 5.69 Å².